The maximum Gasteiger partial charge on any atom is 0.147 e. The van der Waals surface area contributed by atoms with Crippen molar-refractivity contribution in [3.05, 3.63) is 85.5 Å². The number of rotatable bonds is 5. The molecule has 0 unspecified atom stereocenters. The topological polar surface area (TPSA) is 54.4 Å². The zero-order valence-electron chi connectivity index (χ0n) is 19.0. The summed E-state index contributed by atoms with van der Waals surface area (Å²) < 4.78 is 6.20. The Morgan fingerprint density at radius 3 is 2.41 bits per heavy atom. The Balaban J connectivity index is 1.26. The number of hydrogen-bond donors (Lipinski definition) is 0. The van der Waals surface area contributed by atoms with Crippen molar-refractivity contribution in [1.82, 2.24) is 15.0 Å². The van der Waals surface area contributed by atoms with Crippen LogP contribution in [0.2, 0.25) is 0 Å². The van der Waals surface area contributed by atoms with Crippen molar-refractivity contribution in [1.29, 1.82) is 0 Å². The predicted octanol–water partition coefficient (Wildman–Crippen LogP) is 6.58. The number of para-hydroxylation sites is 2. The summed E-state index contributed by atoms with van der Waals surface area (Å²) in [6, 6.07) is 20.9. The van der Waals surface area contributed by atoms with Gasteiger partial charge in [0.15, 0.2) is 0 Å². The highest BCUT2D eigenvalue weighted by Crippen LogP contribution is 2.43. The van der Waals surface area contributed by atoms with E-state index >= 15 is 0 Å². The normalized spacial score (nSPS) is 15.9. The fourth-order valence-electron chi connectivity index (χ4n) is 5.04. The first-order valence-electron chi connectivity index (χ1n) is 12.0. The average Bonchev–Trinajstić information content (AvgIpc) is 3.30. The monoisotopic (exact) mass is 449 g/mol. The summed E-state index contributed by atoms with van der Waals surface area (Å²) in [4.78, 5) is 18.2. The van der Waals surface area contributed by atoms with Crippen molar-refractivity contribution in [3.8, 4) is 22.9 Å². The van der Waals surface area contributed by atoms with Gasteiger partial charge in [0, 0.05) is 30.6 Å². The first-order valence-corrected chi connectivity index (χ1v) is 12.0. The quantitative estimate of drug-likeness (QED) is 0.343. The number of ether oxygens (including phenoxy) is 1. The molecule has 0 atom stereocenters. The third-order valence-corrected chi connectivity index (χ3v) is 6.70. The third kappa shape index (κ3) is 4.07. The summed E-state index contributed by atoms with van der Waals surface area (Å²) in [5.74, 6) is 1.41. The Bertz CT molecular complexity index is 1270. The first-order chi connectivity index (χ1) is 16.8. The van der Waals surface area contributed by atoms with Gasteiger partial charge in [-0.25, -0.2) is 0 Å². The van der Waals surface area contributed by atoms with Crippen LogP contribution in [0.5, 0.6) is 11.5 Å². The van der Waals surface area contributed by atoms with Gasteiger partial charge in [0.2, 0.25) is 0 Å². The molecular weight excluding hydrogens is 422 g/mol. The molecular formula is C28H27N5O. The van der Waals surface area contributed by atoms with Crippen molar-refractivity contribution in [2.45, 2.75) is 38.1 Å². The van der Waals surface area contributed by atoms with E-state index in [1.165, 1.54) is 43.5 Å². The molecule has 0 bridgehead atoms. The number of benzene rings is 1. The number of anilines is 3. The minimum Gasteiger partial charge on any atom is -0.456 e. The Morgan fingerprint density at radius 1 is 0.735 bits per heavy atom. The molecule has 4 aromatic rings. The first kappa shape index (κ1) is 20.7. The lowest BCUT2D eigenvalue weighted by Gasteiger charge is -2.33. The minimum atomic E-state index is 0.606. The van der Waals surface area contributed by atoms with Gasteiger partial charge in [0.05, 0.1) is 47.5 Å². The van der Waals surface area contributed by atoms with Gasteiger partial charge >= 0.3 is 0 Å². The lowest BCUT2D eigenvalue weighted by Crippen LogP contribution is -2.38. The van der Waals surface area contributed by atoms with Crippen molar-refractivity contribution >= 4 is 17.1 Å². The Kier molecular flexibility index (Phi) is 5.55. The van der Waals surface area contributed by atoms with Gasteiger partial charge in [-0.3, -0.25) is 15.0 Å². The van der Waals surface area contributed by atoms with E-state index in [1.54, 1.807) is 18.6 Å². The van der Waals surface area contributed by atoms with Crippen molar-refractivity contribution < 1.29 is 4.74 Å². The third-order valence-electron chi connectivity index (χ3n) is 6.70. The molecule has 0 saturated heterocycles. The average molecular weight is 450 g/mol. The standard InChI is InChI=1S/C28H27N5O/c1-2-8-21(9-3-1)32-20-33(28-12-5-4-11-27(28)32)22-16-24(19-29-18-22)34-23-13-15-31-26(17-23)25-10-6-7-14-30-25/h4-7,10-19,21H,1-3,8-9,20H2. The SMILES string of the molecule is c1ccc(-c2cc(Oc3cncc(N4CN(C5CCCCC5)c5ccccc54)c3)ccn2)nc1. The largest absolute Gasteiger partial charge is 0.456 e. The van der Waals surface area contributed by atoms with Crippen LogP contribution in [0.15, 0.2) is 85.5 Å². The van der Waals surface area contributed by atoms with E-state index < -0.39 is 0 Å². The van der Waals surface area contributed by atoms with Crippen LogP contribution in [0.25, 0.3) is 11.4 Å². The molecule has 34 heavy (non-hydrogen) atoms. The number of nitrogens with zero attached hydrogens (tertiary/aromatic N) is 5. The number of aromatic nitrogens is 3. The summed E-state index contributed by atoms with van der Waals surface area (Å²) >= 11 is 0. The molecule has 170 valence electrons. The molecule has 1 aliphatic heterocycles. The molecule has 0 spiro atoms. The van der Waals surface area contributed by atoms with Gasteiger partial charge in [-0.2, -0.15) is 0 Å². The molecule has 6 rings (SSSR count). The second kappa shape index (κ2) is 9.14. The van der Waals surface area contributed by atoms with E-state index in [4.69, 9.17) is 4.74 Å². The molecule has 0 N–H and O–H groups in total. The van der Waals surface area contributed by atoms with E-state index in [0.717, 1.165) is 23.7 Å². The summed E-state index contributed by atoms with van der Waals surface area (Å²) in [7, 11) is 0. The molecule has 0 radical (unpaired) electrons. The van der Waals surface area contributed by atoms with E-state index in [0.29, 0.717) is 17.5 Å². The molecule has 1 aromatic carbocycles. The van der Waals surface area contributed by atoms with Crippen LogP contribution in [-0.2, 0) is 0 Å². The molecule has 0 amide bonds. The van der Waals surface area contributed by atoms with Crippen LogP contribution in [-0.4, -0.2) is 27.7 Å². The van der Waals surface area contributed by atoms with Crippen molar-refractivity contribution in [2.75, 3.05) is 16.5 Å². The lowest BCUT2D eigenvalue weighted by atomic mass is 9.94. The van der Waals surface area contributed by atoms with Gasteiger partial charge in [-0.1, -0.05) is 37.5 Å². The molecule has 6 heteroatoms. The van der Waals surface area contributed by atoms with Crippen molar-refractivity contribution in [2.24, 2.45) is 0 Å². The van der Waals surface area contributed by atoms with Crippen molar-refractivity contribution in [3.63, 3.8) is 0 Å². The highest BCUT2D eigenvalue weighted by Gasteiger charge is 2.32. The molecule has 3 aromatic heterocycles. The Morgan fingerprint density at radius 2 is 1.56 bits per heavy atom. The van der Waals surface area contributed by atoms with Crippen LogP contribution in [0.1, 0.15) is 32.1 Å². The van der Waals surface area contributed by atoms with Gasteiger partial charge < -0.3 is 14.5 Å². The second-order valence-corrected chi connectivity index (χ2v) is 8.89. The number of fused-ring (bicyclic) bond motifs is 1. The lowest BCUT2D eigenvalue weighted by molar-refractivity contribution is 0.420. The van der Waals surface area contributed by atoms with E-state index in [-0.39, 0.29) is 0 Å². The fourth-order valence-corrected chi connectivity index (χ4v) is 5.04. The summed E-state index contributed by atoms with van der Waals surface area (Å²) in [5, 5.41) is 0. The molecule has 2 aliphatic rings. The number of pyridine rings is 3. The second-order valence-electron chi connectivity index (χ2n) is 8.89. The molecule has 4 heterocycles. The van der Waals surface area contributed by atoms with Gasteiger partial charge in [-0.05, 0) is 43.2 Å². The van der Waals surface area contributed by atoms with Gasteiger partial charge in [-0.15, -0.1) is 0 Å². The maximum absolute atomic E-state index is 6.20. The van der Waals surface area contributed by atoms with Gasteiger partial charge in [0.25, 0.3) is 0 Å². The van der Waals surface area contributed by atoms with Gasteiger partial charge in [0.1, 0.15) is 11.5 Å². The van der Waals surface area contributed by atoms with E-state index in [2.05, 4.69) is 55.1 Å². The van der Waals surface area contributed by atoms with Crippen LogP contribution < -0.4 is 14.5 Å². The Hall–Kier alpha value is -3.93. The molecule has 6 nitrogen and oxygen atoms in total. The zero-order chi connectivity index (χ0) is 22.7. The van der Waals surface area contributed by atoms with Crippen LogP contribution in [0.4, 0.5) is 17.1 Å². The molecule has 1 fully saturated rings. The predicted molar refractivity (Wildman–Crippen MR) is 135 cm³/mol. The Labute approximate surface area is 199 Å². The van der Waals surface area contributed by atoms with Crippen LogP contribution >= 0.6 is 0 Å². The van der Waals surface area contributed by atoms with Crippen LogP contribution in [0, 0.1) is 0 Å². The summed E-state index contributed by atoms with van der Waals surface area (Å²) in [6.07, 6.45) is 13.7. The zero-order valence-corrected chi connectivity index (χ0v) is 19.0. The summed E-state index contributed by atoms with van der Waals surface area (Å²) in [6.45, 7) is 0.841. The molecule has 1 saturated carbocycles. The fraction of sp³-hybridized carbons (Fsp3) is 0.250. The van der Waals surface area contributed by atoms with Crippen LogP contribution in [0.3, 0.4) is 0 Å². The van der Waals surface area contributed by atoms with E-state index in [9.17, 15) is 0 Å². The number of hydrogen-bond acceptors (Lipinski definition) is 6. The minimum absolute atomic E-state index is 0.606. The maximum atomic E-state index is 6.20. The molecule has 1 aliphatic carbocycles. The highest BCUT2D eigenvalue weighted by molar-refractivity contribution is 5.82. The highest BCUT2D eigenvalue weighted by atomic mass is 16.5. The van der Waals surface area contributed by atoms with E-state index in [1.807, 2.05) is 36.5 Å². The summed E-state index contributed by atoms with van der Waals surface area (Å²) in [5.41, 5.74) is 5.17. The smallest absolute Gasteiger partial charge is 0.147 e.